The van der Waals surface area contributed by atoms with E-state index in [9.17, 15) is 13.2 Å². The number of fused-ring (bicyclic) bond motifs is 2. The van der Waals surface area contributed by atoms with E-state index in [2.05, 4.69) is 20.7 Å². The highest BCUT2D eigenvalue weighted by atomic mass is 79.9. The first-order valence-electron chi connectivity index (χ1n) is 6.06. The molecule has 2 atom stereocenters. The average Bonchev–Trinajstić information content (AvgIpc) is 2.52. The second-order valence-electron chi connectivity index (χ2n) is 4.61. The number of carbonyl (C=O) groups excluding carboxylic acids is 1. The lowest BCUT2D eigenvalue weighted by Gasteiger charge is -2.35. The molecule has 0 aliphatic carbocycles. The number of rotatable bonds is 3. The van der Waals surface area contributed by atoms with Gasteiger partial charge >= 0.3 is 16.3 Å². The minimum Gasteiger partial charge on any atom is -0.449 e. The minimum atomic E-state index is -3.78. The molecule has 0 saturated carbocycles. The van der Waals surface area contributed by atoms with E-state index in [1.807, 2.05) is 4.72 Å². The Morgan fingerprint density at radius 3 is 2.44 bits per heavy atom. The van der Waals surface area contributed by atoms with Crippen molar-refractivity contribution < 1.29 is 17.9 Å². The predicted molar refractivity (Wildman–Crippen MR) is 69.7 cm³/mol. The van der Waals surface area contributed by atoms with Gasteiger partial charge in [0.15, 0.2) is 0 Å². The van der Waals surface area contributed by atoms with Crippen molar-refractivity contribution in [2.24, 2.45) is 0 Å². The highest BCUT2D eigenvalue weighted by Gasteiger charge is 2.46. The van der Waals surface area contributed by atoms with Gasteiger partial charge in [-0.05, 0) is 32.6 Å². The van der Waals surface area contributed by atoms with Gasteiger partial charge in [-0.1, -0.05) is 15.9 Å². The summed E-state index contributed by atoms with van der Waals surface area (Å²) < 4.78 is 32.3. The molecule has 2 bridgehead atoms. The Kier molecular flexibility index (Phi) is 4.18. The molecule has 8 heteroatoms. The van der Waals surface area contributed by atoms with E-state index in [1.54, 1.807) is 6.92 Å². The Hall–Kier alpha value is -0.340. The third-order valence-corrected chi connectivity index (χ3v) is 5.70. The summed E-state index contributed by atoms with van der Waals surface area (Å²) in [4.78, 5) is 11.6. The van der Waals surface area contributed by atoms with E-state index in [-0.39, 0.29) is 18.7 Å². The summed E-state index contributed by atoms with van der Waals surface area (Å²) >= 11 is 3.55. The van der Waals surface area contributed by atoms with Crippen LogP contribution in [0.25, 0.3) is 0 Å². The van der Waals surface area contributed by atoms with Gasteiger partial charge in [-0.2, -0.15) is 12.7 Å². The van der Waals surface area contributed by atoms with Crippen LogP contribution < -0.4 is 4.72 Å². The number of hydrogen-bond acceptors (Lipinski definition) is 4. The SMILES string of the molecule is CCOC(=O)NS(=O)(=O)N1C2CCC1CC(Br)C2. The number of carbonyl (C=O) groups is 1. The fraction of sp³-hybridized carbons (Fsp3) is 0.900. The summed E-state index contributed by atoms with van der Waals surface area (Å²) in [7, 11) is -3.78. The lowest BCUT2D eigenvalue weighted by molar-refractivity contribution is 0.157. The van der Waals surface area contributed by atoms with Crippen molar-refractivity contribution in [2.45, 2.75) is 49.5 Å². The van der Waals surface area contributed by atoms with Crippen molar-refractivity contribution in [1.29, 1.82) is 0 Å². The van der Waals surface area contributed by atoms with Crippen LogP contribution in [-0.2, 0) is 14.9 Å². The van der Waals surface area contributed by atoms with E-state index in [0.717, 1.165) is 25.7 Å². The summed E-state index contributed by atoms with van der Waals surface area (Å²) in [6, 6.07) is -0.0277. The molecule has 2 unspecified atom stereocenters. The van der Waals surface area contributed by atoms with Crippen molar-refractivity contribution >= 4 is 32.2 Å². The van der Waals surface area contributed by atoms with Crippen LogP contribution >= 0.6 is 15.9 Å². The molecule has 2 heterocycles. The van der Waals surface area contributed by atoms with Crippen LogP contribution in [0.5, 0.6) is 0 Å². The molecule has 1 amide bonds. The number of hydrogen-bond donors (Lipinski definition) is 1. The van der Waals surface area contributed by atoms with E-state index >= 15 is 0 Å². The number of piperidine rings is 1. The predicted octanol–water partition coefficient (Wildman–Crippen LogP) is 1.37. The number of alkyl halides is 1. The van der Waals surface area contributed by atoms with Gasteiger partial charge in [0.1, 0.15) is 0 Å². The van der Waals surface area contributed by atoms with Gasteiger partial charge in [-0.25, -0.2) is 9.52 Å². The maximum Gasteiger partial charge on any atom is 0.421 e. The van der Waals surface area contributed by atoms with Crippen molar-refractivity contribution in [3.8, 4) is 0 Å². The smallest absolute Gasteiger partial charge is 0.421 e. The minimum absolute atomic E-state index is 0.0138. The third kappa shape index (κ3) is 2.80. The van der Waals surface area contributed by atoms with Gasteiger partial charge in [0.25, 0.3) is 0 Å². The Morgan fingerprint density at radius 2 is 1.94 bits per heavy atom. The quantitative estimate of drug-likeness (QED) is 0.787. The van der Waals surface area contributed by atoms with Gasteiger partial charge < -0.3 is 4.74 Å². The number of nitrogens with one attached hydrogen (secondary N) is 1. The third-order valence-electron chi connectivity index (χ3n) is 3.37. The summed E-state index contributed by atoms with van der Waals surface area (Å²) in [5.74, 6) is 0. The second kappa shape index (κ2) is 5.34. The highest BCUT2D eigenvalue weighted by molar-refractivity contribution is 9.09. The molecule has 0 spiro atoms. The molecule has 0 radical (unpaired) electrons. The second-order valence-corrected chi connectivity index (χ2v) is 7.48. The monoisotopic (exact) mass is 340 g/mol. The summed E-state index contributed by atoms with van der Waals surface area (Å²) in [5, 5.41) is 0. The Balaban J connectivity index is 2.09. The van der Waals surface area contributed by atoms with Crippen LogP contribution in [0.1, 0.15) is 32.6 Å². The first-order valence-corrected chi connectivity index (χ1v) is 8.41. The Bertz CT molecular complexity index is 414. The van der Waals surface area contributed by atoms with Crippen LogP contribution in [0, 0.1) is 0 Å². The van der Waals surface area contributed by atoms with Crippen LogP contribution in [0.3, 0.4) is 0 Å². The molecule has 2 rings (SSSR count). The molecule has 18 heavy (non-hydrogen) atoms. The standard InChI is InChI=1S/C10H17BrN2O4S/c1-2-17-10(14)12-18(15,16)13-8-3-4-9(13)6-7(11)5-8/h7-9H,2-6H2,1H3,(H,12,14). The van der Waals surface area contributed by atoms with Gasteiger partial charge in [0.05, 0.1) is 6.61 Å². The Labute approximate surface area is 115 Å². The Morgan fingerprint density at radius 1 is 1.39 bits per heavy atom. The summed E-state index contributed by atoms with van der Waals surface area (Å²) in [6.45, 7) is 1.78. The molecule has 0 aromatic carbocycles. The zero-order valence-corrected chi connectivity index (χ0v) is 12.5. The topological polar surface area (TPSA) is 75.7 Å². The normalized spacial score (nSPS) is 32.2. The zero-order valence-electron chi connectivity index (χ0n) is 10.1. The number of nitrogens with zero attached hydrogens (tertiary/aromatic N) is 1. The fourth-order valence-corrected chi connectivity index (χ4v) is 5.18. The maximum absolute atomic E-state index is 12.1. The first-order chi connectivity index (χ1) is 8.44. The molecule has 2 aliphatic rings. The lowest BCUT2D eigenvalue weighted by atomic mass is 10.1. The van der Waals surface area contributed by atoms with Gasteiger partial charge in [0.2, 0.25) is 0 Å². The zero-order chi connectivity index (χ0) is 13.3. The van der Waals surface area contributed by atoms with Crippen molar-refractivity contribution in [1.82, 2.24) is 9.03 Å². The van der Waals surface area contributed by atoms with Crippen LogP contribution in [0.4, 0.5) is 4.79 Å². The van der Waals surface area contributed by atoms with Crippen molar-refractivity contribution in [2.75, 3.05) is 6.61 Å². The molecule has 2 fully saturated rings. The van der Waals surface area contributed by atoms with E-state index in [1.165, 1.54) is 4.31 Å². The van der Waals surface area contributed by atoms with Crippen molar-refractivity contribution in [3.63, 3.8) is 0 Å². The average molecular weight is 341 g/mol. The molecule has 0 aromatic rings. The van der Waals surface area contributed by atoms with Gasteiger partial charge in [0, 0.05) is 16.9 Å². The van der Waals surface area contributed by atoms with Gasteiger partial charge in [-0.3, -0.25) is 0 Å². The van der Waals surface area contributed by atoms with E-state index in [4.69, 9.17) is 0 Å². The molecule has 2 aliphatic heterocycles. The summed E-state index contributed by atoms with van der Waals surface area (Å²) in [6.07, 6.45) is 2.39. The van der Waals surface area contributed by atoms with Gasteiger partial charge in [-0.15, -0.1) is 0 Å². The first kappa shape index (κ1) is 14.1. The van der Waals surface area contributed by atoms with E-state index < -0.39 is 16.3 Å². The highest BCUT2D eigenvalue weighted by Crippen LogP contribution is 2.39. The van der Waals surface area contributed by atoms with Crippen LogP contribution in [-0.4, -0.2) is 42.3 Å². The van der Waals surface area contributed by atoms with Crippen LogP contribution in [0.15, 0.2) is 0 Å². The number of ether oxygens (including phenoxy) is 1. The molecule has 1 N–H and O–H groups in total. The maximum atomic E-state index is 12.1. The van der Waals surface area contributed by atoms with Crippen LogP contribution in [0.2, 0.25) is 0 Å². The largest absolute Gasteiger partial charge is 0.449 e. The van der Waals surface area contributed by atoms with Crippen molar-refractivity contribution in [3.05, 3.63) is 0 Å². The molecule has 6 nitrogen and oxygen atoms in total. The lowest BCUT2D eigenvalue weighted by Crippen LogP contribution is -2.52. The van der Waals surface area contributed by atoms with E-state index in [0.29, 0.717) is 4.83 Å². The molecule has 104 valence electrons. The molecule has 0 aromatic heterocycles. The summed E-state index contributed by atoms with van der Waals surface area (Å²) in [5.41, 5.74) is 0. The molecular weight excluding hydrogens is 324 g/mol. The number of amides is 1. The molecular formula is C10H17BrN2O4S. The molecule has 2 saturated heterocycles. The number of halogens is 1. The fourth-order valence-electron chi connectivity index (χ4n) is 2.78.